The molecule has 0 aliphatic heterocycles. The molecule has 0 atom stereocenters. The van der Waals surface area contributed by atoms with Gasteiger partial charge < -0.3 is 10.0 Å². The summed E-state index contributed by atoms with van der Waals surface area (Å²) in [5.74, 6) is -0.311. The summed E-state index contributed by atoms with van der Waals surface area (Å²) in [5, 5.41) is 23.7. The smallest absolute Gasteiger partial charge is 0.845 e. The van der Waals surface area contributed by atoms with E-state index < -0.39 is 16.5 Å². The second kappa shape index (κ2) is 8.16. The number of fused-ring (bicyclic) bond motifs is 1. The summed E-state index contributed by atoms with van der Waals surface area (Å²) < 4.78 is 0.671. The summed E-state index contributed by atoms with van der Waals surface area (Å²) in [5.41, 5.74) is -0.882. The van der Waals surface area contributed by atoms with Crippen molar-refractivity contribution in [1.82, 2.24) is 14.5 Å². The Balaban J connectivity index is 0.00000261. The van der Waals surface area contributed by atoms with Crippen LogP contribution < -0.4 is 62.1 Å². The molecule has 134 valence electrons. The Hall–Kier alpha value is -1.63. The third-order valence-electron chi connectivity index (χ3n) is 3.85. The molecular weight excluding hydrogens is 399 g/mol. The molecule has 0 radical (unpaired) electrons. The van der Waals surface area contributed by atoms with Gasteiger partial charge in [-0.2, -0.15) is 0 Å². The third kappa shape index (κ3) is 3.70. The topological polar surface area (TPSA) is 121 Å². The summed E-state index contributed by atoms with van der Waals surface area (Å²) >= 11 is 0.954. The van der Waals surface area contributed by atoms with E-state index in [1.807, 2.05) is 0 Å². The molecule has 1 aromatic carbocycles. The van der Waals surface area contributed by atoms with Crippen molar-refractivity contribution >= 4 is 33.1 Å². The van der Waals surface area contributed by atoms with E-state index in [1.54, 1.807) is 21.0 Å². The summed E-state index contributed by atoms with van der Waals surface area (Å²) in [6.45, 7) is 1.59. The predicted octanol–water partition coefficient (Wildman–Crippen LogP) is -1.56. The first-order chi connectivity index (χ1) is 12.2. The van der Waals surface area contributed by atoms with Crippen LogP contribution in [0.5, 0.6) is 6.01 Å². The summed E-state index contributed by atoms with van der Waals surface area (Å²) in [6, 6.07) is 4.50. The zero-order valence-corrected chi connectivity index (χ0v) is 19.0. The number of carbonyl (C=O) groups excluding carboxylic acids is 1. The normalized spacial score (nSPS) is 10.5. The maximum atomic E-state index is 12.9. The molecule has 0 saturated carbocycles. The Morgan fingerprint density at radius 1 is 1.30 bits per heavy atom. The van der Waals surface area contributed by atoms with Crippen LogP contribution in [0.25, 0.3) is 15.9 Å². The van der Waals surface area contributed by atoms with Crippen molar-refractivity contribution in [3.05, 3.63) is 55.2 Å². The van der Waals surface area contributed by atoms with Gasteiger partial charge in [-0.1, -0.05) is 12.1 Å². The summed E-state index contributed by atoms with van der Waals surface area (Å²) in [6.07, 6.45) is 0. The van der Waals surface area contributed by atoms with E-state index >= 15 is 0 Å². The van der Waals surface area contributed by atoms with E-state index in [1.165, 1.54) is 29.2 Å². The van der Waals surface area contributed by atoms with Crippen molar-refractivity contribution in [2.24, 2.45) is 0 Å². The van der Waals surface area contributed by atoms with Crippen LogP contribution in [0.2, 0.25) is 0 Å². The minimum atomic E-state index is -0.929. The number of nitro groups is 1. The molecule has 3 rings (SSSR count). The minimum Gasteiger partial charge on any atom is -0.845 e. The zero-order chi connectivity index (χ0) is 19.2. The maximum Gasteiger partial charge on any atom is 1.00 e. The first kappa shape index (κ1) is 21.7. The molecule has 2 aromatic heterocycles. The Morgan fingerprint density at radius 3 is 2.52 bits per heavy atom. The van der Waals surface area contributed by atoms with Gasteiger partial charge in [0.05, 0.1) is 21.2 Å². The molecule has 9 nitrogen and oxygen atoms in total. The van der Waals surface area contributed by atoms with E-state index in [0.717, 1.165) is 11.3 Å². The zero-order valence-electron chi connectivity index (χ0n) is 15.0. The number of hydrogen-bond acceptors (Lipinski definition) is 7. The molecule has 27 heavy (non-hydrogen) atoms. The number of aryl methyl sites for hydroxylation is 1. The van der Waals surface area contributed by atoms with Gasteiger partial charge in [0.2, 0.25) is 0 Å². The van der Waals surface area contributed by atoms with Crippen LogP contribution in [-0.2, 0) is 0 Å². The Morgan fingerprint density at radius 2 is 1.93 bits per heavy atom. The van der Waals surface area contributed by atoms with E-state index in [0.29, 0.717) is 15.0 Å². The van der Waals surface area contributed by atoms with Gasteiger partial charge in [-0.15, -0.1) is 11.3 Å². The molecule has 0 fully saturated rings. The average Bonchev–Trinajstić information content (AvgIpc) is 2.90. The van der Waals surface area contributed by atoms with Gasteiger partial charge in [0.25, 0.3) is 17.2 Å². The van der Waals surface area contributed by atoms with Crippen molar-refractivity contribution in [1.29, 1.82) is 0 Å². The molecule has 11 heteroatoms. The first-order valence-corrected chi connectivity index (χ1v) is 8.24. The molecule has 0 aliphatic carbocycles. The van der Waals surface area contributed by atoms with Crippen molar-refractivity contribution in [3.8, 4) is 11.7 Å². The fourth-order valence-electron chi connectivity index (χ4n) is 2.59. The van der Waals surface area contributed by atoms with E-state index in [-0.39, 0.29) is 78.9 Å². The van der Waals surface area contributed by atoms with E-state index in [4.69, 9.17) is 0 Å². The van der Waals surface area contributed by atoms with Crippen LogP contribution in [-0.4, -0.2) is 39.4 Å². The summed E-state index contributed by atoms with van der Waals surface area (Å²) in [7, 11) is 3.15. The average molecular weight is 412 g/mol. The van der Waals surface area contributed by atoms with Crippen molar-refractivity contribution < 1.29 is 66.2 Å². The molecule has 0 aliphatic rings. The van der Waals surface area contributed by atoms with Crippen LogP contribution in [0.4, 0.5) is 5.69 Å². The second-order valence-electron chi connectivity index (χ2n) is 5.72. The molecule has 0 spiro atoms. The molecular formula is C16H13KN4O5S. The number of rotatable bonds is 3. The van der Waals surface area contributed by atoms with Crippen LogP contribution in [0.3, 0.4) is 0 Å². The van der Waals surface area contributed by atoms with Gasteiger partial charge in [-0.25, -0.2) is 4.98 Å². The predicted molar refractivity (Wildman–Crippen MR) is 94.1 cm³/mol. The Labute approximate surface area is 199 Å². The van der Waals surface area contributed by atoms with Gasteiger partial charge in [0, 0.05) is 20.2 Å². The molecule has 0 N–H and O–H groups in total. The number of hydrogen-bond donors (Lipinski definition) is 0. The fraction of sp³-hybridized carbons (Fsp3) is 0.188. The molecule has 0 bridgehead atoms. The van der Waals surface area contributed by atoms with Crippen molar-refractivity contribution in [2.75, 3.05) is 14.1 Å². The molecule has 1 amide bonds. The molecule has 3 aromatic rings. The monoisotopic (exact) mass is 412 g/mol. The van der Waals surface area contributed by atoms with Gasteiger partial charge in [-0.05, 0) is 18.6 Å². The van der Waals surface area contributed by atoms with Crippen molar-refractivity contribution in [2.45, 2.75) is 6.92 Å². The number of thiophene rings is 1. The number of amides is 1. The fourth-order valence-corrected chi connectivity index (χ4v) is 3.78. The van der Waals surface area contributed by atoms with Crippen LogP contribution in [0, 0.1) is 17.0 Å². The Kier molecular flexibility index (Phi) is 6.55. The first-order valence-electron chi connectivity index (χ1n) is 7.42. The molecule has 0 unspecified atom stereocenters. The number of aromatic nitrogens is 2. The number of nitro benzene ring substituents is 1. The number of benzene rings is 1. The maximum absolute atomic E-state index is 12.9. The Bertz CT molecular complexity index is 1120. The molecule has 0 saturated heterocycles. The number of para-hydroxylation sites is 2. The minimum absolute atomic E-state index is 0. The van der Waals surface area contributed by atoms with Gasteiger partial charge in [0.15, 0.2) is 0 Å². The SMILES string of the molecule is Cc1c(C(=O)N(C)C)sc2nc([O-])n(-c3ccccc3[N+](=O)[O-])c(=O)c12.[K+]. The second-order valence-corrected chi connectivity index (χ2v) is 6.72. The van der Waals surface area contributed by atoms with Crippen LogP contribution in [0.1, 0.15) is 15.2 Å². The third-order valence-corrected chi connectivity index (χ3v) is 5.03. The summed E-state index contributed by atoms with van der Waals surface area (Å²) in [4.78, 5) is 41.4. The number of carbonyl (C=O) groups is 1. The quantitative estimate of drug-likeness (QED) is 0.291. The molecule has 2 heterocycles. The van der Waals surface area contributed by atoms with Gasteiger partial charge in [0.1, 0.15) is 10.5 Å². The van der Waals surface area contributed by atoms with Gasteiger partial charge in [-0.3, -0.25) is 24.3 Å². The van der Waals surface area contributed by atoms with E-state index in [2.05, 4.69) is 4.98 Å². The van der Waals surface area contributed by atoms with Gasteiger partial charge >= 0.3 is 51.4 Å². The van der Waals surface area contributed by atoms with E-state index in [9.17, 15) is 24.8 Å². The van der Waals surface area contributed by atoms with Crippen LogP contribution in [0.15, 0.2) is 29.1 Å². The number of nitrogens with zero attached hydrogens (tertiary/aromatic N) is 4. The van der Waals surface area contributed by atoms with Crippen molar-refractivity contribution in [3.63, 3.8) is 0 Å². The largest absolute Gasteiger partial charge is 1.00 e. The van der Waals surface area contributed by atoms with Crippen LogP contribution >= 0.6 is 11.3 Å². The standard InChI is InChI=1S/C16H14N4O5S.K/c1-8-11-13(26-12(8)15(22)18(2)3)17-16(23)19(14(11)21)9-6-4-5-7-10(9)20(24)25;/h4-7H,1-3H3,(H,17,23);/q;+1/p-1.